The standard InChI is InChI=1S/C13H7Cl2FO2/c14-10-6-5-9(12(15)11(10)13(17)18)7-1-3-8(16)4-2-7/h1-6H,(H,17,18). The van der Waals surface area contributed by atoms with Crippen molar-refractivity contribution < 1.29 is 14.3 Å². The third kappa shape index (κ3) is 2.33. The highest BCUT2D eigenvalue weighted by atomic mass is 35.5. The number of carboxylic acids is 1. The normalized spacial score (nSPS) is 10.4. The molecule has 0 aliphatic carbocycles. The number of aromatic carboxylic acids is 1. The Hall–Kier alpha value is -1.58. The van der Waals surface area contributed by atoms with Gasteiger partial charge in [-0.05, 0) is 23.8 Å². The zero-order valence-corrected chi connectivity index (χ0v) is 10.5. The van der Waals surface area contributed by atoms with Crippen LogP contribution in [0.1, 0.15) is 10.4 Å². The lowest BCUT2D eigenvalue weighted by molar-refractivity contribution is 0.0697. The molecule has 0 unspecified atom stereocenters. The van der Waals surface area contributed by atoms with Crippen LogP contribution in [0.3, 0.4) is 0 Å². The van der Waals surface area contributed by atoms with Crippen LogP contribution in [0.4, 0.5) is 4.39 Å². The third-order valence-corrected chi connectivity index (χ3v) is 3.17. The smallest absolute Gasteiger partial charge is 0.338 e. The molecule has 2 aromatic carbocycles. The lowest BCUT2D eigenvalue weighted by atomic mass is 10.0. The Bertz CT molecular complexity index is 609. The van der Waals surface area contributed by atoms with Gasteiger partial charge in [0.05, 0.1) is 15.6 Å². The van der Waals surface area contributed by atoms with Crippen LogP contribution >= 0.6 is 23.2 Å². The Labute approximate surface area is 113 Å². The van der Waals surface area contributed by atoms with Gasteiger partial charge in [0.25, 0.3) is 0 Å². The first-order chi connectivity index (χ1) is 8.50. The van der Waals surface area contributed by atoms with Crippen LogP contribution in [0.5, 0.6) is 0 Å². The van der Waals surface area contributed by atoms with E-state index in [1.165, 1.54) is 30.3 Å². The lowest BCUT2D eigenvalue weighted by Gasteiger charge is -2.08. The van der Waals surface area contributed by atoms with Crippen molar-refractivity contribution >= 4 is 29.2 Å². The second kappa shape index (κ2) is 4.96. The van der Waals surface area contributed by atoms with Gasteiger partial charge in [-0.3, -0.25) is 0 Å². The van der Waals surface area contributed by atoms with Crippen molar-refractivity contribution in [2.24, 2.45) is 0 Å². The van der Waals surface area contributed by atoms with E-state index in [0.717, 1.165) is 0 Å². The molecule has 0 spiro atoms. The SMILES string of the molecule is O=C(O)c1c(Cl)ccc(-c2ccc(F)cc2)c1Cl. The van der Waals surface area contributed by atoms with Gasteiger partial charge in [-0.15, -0.1) is 0 Å². The van der Waals surface area contributed by atoms with E-state index in [9.17, 15) is 9.18 Å². The topological polar surface area (TPSA) is 37.3 Å². The molecule has 0 saturated heterocycles. The third-order valence-electron chi connectivity index (χ3n) is 2.46. The Kier molecular flexibility index (Phi) is 3.55. The summed E-state index contributed by atoms with van der Waals surface area (Å²) in [4.78, 5) is 11.1. The predicted octanol–water partition coefficient (Wildman–Crippen LogP) is 4.50. The summed E-state index contributed by atoms with van der Waals surface area (Å²) in [6.45, 7) is 0. The first kappa shape index (κ1) is 12.9. The van der Waals surface area contributed by atoms with Crippen molar-refractivity contribution in [1.82, 2.24) is 0 Å². The summed E-state index contributed by atoms with van der Waals surface area (Å²) >= 11 is 11.8. The molecular formula is C13H7Cl2FO2. The summed E-state index contributed by atoms with van der Waals surface area (Å²) in [6, 6.07) is 8.66. The number of benzene rings is 2. The maximum Gasteiger partial charge on any atom is 0.338 e. The average molecular weight is 285 g/mol. The molecule has 2 rings (SSSR count). The number of hydrogen-bond acceptors (Lipinski definition) is 1. The number of rotatable bonds is 2. The Morgan fingerprint density at radius 1 is 1.06 bits per heavy atom. The summed E-state index contributed by atoms with van der Waals surface area (Å²) in [5, 5.41) is 9.14. The van der Waals surface area contributed by atoms with Gasteiger partial charge in [0.1, 0.15) is 5.82 Å². The molecule has 0 saturated carbocycles. The van der Waals surface area contributed by atoms with Gasteiger partial charge in [-0.1, -0.05) is 41.4 Å². The van der Waals surface area contributed by atoms with Crippen LogP contribution in [0.2, 0.25) is 10.0 Å². The fourth-order valence-corrected chi connectivity index (χ4v) is 2.24. The Morgan fingerprint density at radius 3 is 2.22 bits per heavy atom. The largest absolute Gasteiger partial charge is 0.478 e. The van der Waals surface area contributed by atoms with E-state index in [0.29, 0.717) is 11.1 Å². The number of hydrogen-bond donors (Lipinski definition) is 1. The van der Waals surface area contributed by atoms with Gasteiger partial charge >= 0.3 is 5.97 Å². The van der Waals surface area contributed by atoms with Gasteiger partial charge in [0.15, 0.2) is 0 Å². The Balaban J connectivity index is 2.62. The molecule has 0 heterocycles. The van der Waals surface area contributed by atoms with E-state index in [2.05, 4.69) is 0 Å². The minimum Gasteiger partial charge on any atom is -0.478 e. The Morgan fingerprint density at radius 2 is 1.67 bits per heavy atom. The molecule has 18 heavy (non-hydrogen) atoms. The van der Waals surface area contributed by atoms with Crippen LogP contribution in [-0.4, -0.2) is 11.1 Å². The molecule has 2 nitrogen and oxygen atoms in total. The van der Waals surface area contributed by atoms with E-state index >= 15 is 0 Å². The highest BCUT2D eigenvalue weighted by molar-refractivity contribution is 6.41. The minimum atomic E-state index is -1.20. The summed E-state index contributed by atoms with van der Waals surface area (Å²) in [7, 11) is 0. The van der Waals surface area contributed by atoms with E-state index in [-0.39, 0.29) is 21.4 Å². The monoisotopic (exact) mass is 284 g/mol. The molecule has 0 aliphatic heterocycles. The number of halogens is 3. The number of carboxylic acid groups (broad SMARTS) is 1. The summed E-state index contributed by atoms with van der Waals surface area (Å²) in [5.74, 6) is -1.57. The highest BCUT2D eigenvalue weighted by Gasteiger charge is 2.17. The van der Waals surface area contributed by atoms with Crippen LogP contribution in [0.25, 0.3) is 11.1 Å². The van der Waals surface area contributed by atoms with E-state index < -0.39 is 5.97 Å². The van der Waals surface area contributed by atoms with Crippen molar-refractivity contribution in [2.75, 3.05) is 0 Å². The fourth-order valence-electron chi connectivity index (χ4n) is 1.60. The second-order valence-corrected chi connectivity index (χ2v) is 4.38. The van der Waals surface area contributed by atoms with Crippen LogP contribution in [-0.2, 0) is 0 Å². The molecule has 0 fully saturated rings. The fraction of sp³-hybridized carbons (Fsp3) is 0. The quantitative estimate of drug-likeness (QED) is 0.882. The summed E-state index contributed by atoms with van der Waals surface area (Å²) in [6.07, 6.45) is 0. The van der Waals surface area contributed by atoms with Gasteiger partial charge in [-0.25, -0.2) is 9.18 Å². The van der Waals surface area contributed by atoms with E-state index in [1.807, 2.05) is 0 Å². The van der Waals surface area contributed by atoms with Crippen molar-refractivity contribution in [1.29, 1.82) is 0 Å². The van der Waals surface area contributed by atoms with Crippen molar-refractivity contribution in [2.45, 2.75) is 0 Å². The molecule has 92 valence electrons. The molecule has 0 radical (unpaired) electrons. The van der Waals surface area contributed by atoms with Gasteiger partial charge in [0.2, 0.25) is 0 Å². The van der Waals surface area contributed by atoms with E-state index in [4.69, 9.17) is 28.3 Å². The van der Waals surface area contributed by atoms with Crippen molar-refractivity contribution in [3.8, 4) is 11.1 Å². The first-order valence-corrected chi connectivity index (χ1v) is 5.73. The molecular weight excluding hydrogens is 278 g/mol. The van der Waals surface area contributed by atoms with Gasteiger partial charge in [-0.2, -0.15) is 0 Å². The highest BCUT2D eigenvalue weighted by Crippen LogP contribution is 2.34. The predicted molar refractivity (Wildman–Crippen MR) is 68.8 cm³/mol. The van der Waals surface area contributed by atoms with Crippen LogP contribution in [0.15, 0.2) is 36.4 Å². The maximum atomic E-state index is 12.8. The van der Waals surface area contributed by atoms with E-state index in [1.54, 1.807) is 6.07 Å². The molecule has 0 aliphatic rings. The van der Waals surface area contributed by atoms with Gasteiger partial charge in [0, 0.05) is 5.56 Å². The van der Waals surface area contributed by atoms with Crippen LogP contribution < -0.4 is 0 Å². The van der Waals surface area contributed by atoms with Crippen LogP contribution in [0, 0.1) is 5.82 Å². The first-order valence-electron chi connectivity index (χ1n) is 4.98. The lowest BCUT2D eigenvalue weighted by Crippen LogP contribution is -2.00. The average Bonchev–Trinajstić information content (AvgIpc) is 2.30. The second-order valence-electron chi connectivity index (χ2n) is 3.60. The summed E-state index contributed by atoms with van der Waals surface area (Å²) in [5.41, 5.74) is 0.971. The van der Waals surface area contributed by atoms with Crippen molar-refractivity contribution in [3.05, 3.63) is 57.8 Å². The molecule has 1 N–H and O–H groups in total. The number of carbonyl (C=O) groups is 1. The maximum absolute atomic E-state index is 12.8. The molecule has 0 aromatic heterocycles. The minimum absolute atomic E-state index is 0.0432. The molecule has 2 aromatic rings. The van der Waals surface area contributed by atoms with Crippen molar-refractivity contribution in [3.63, 3.8) is 0 Å². The zero-order valence-electron chi connectivity index (χ0n) is 8.95. The molecule has 0 bridgehead atoms. The van der Waals surface area contributed by atoms with Gasteiger partial charge < -0.3 is 5.11 Å². The molecule has 0 atom stereocenters. The molecule has 0 amide bonds. The molecule has 5 heteroatoms. The zero-order chi connectivity index (χ0) is 13.3. The summed E-state index contributed by atoms with van der Waals surface area (Å²) < 4.78 is 12.8.